The molecule has 0 amide bonds. The molecule has 1 unspecified atom stereocenters. The second-order valence-corrected chi connectivity index (χ2v) is 3.14. The van der Waals surface area contributed by atoms with Crippen LogP contribution in [0.25, 0.3) is 0 Å². The van der Waals surface area contributed by atoms with Crippen molar-refractivity contribution in [1.82, 2.24) is 0 Å². The molecule has 0 bridgehead atoms. The fraction of sp³-hybridized carbons (Fsp3) is 0.400. The van der Waals surface area contributed by atoms with Crippen LogP contribution in [0.3, 0.4) is 0 Å². The van der Waals surface area contributed by atoms with Gasteiger partial charge in [-0.1, -0.05) is 6.92 Å². The Hall–Kier alpha value is -1.26. The summed E-state index contributed by atoms with van der Waals surface area (Å²) in [5, 5.41) is 28.3. The maximum Gasteiger partial charge on any atom is 0.125 e. The van der Waals surface area contributed by atoms with Crippen molar-refractivity contribution in [2.45, 2.75) is 19.4 Å². The minimum atomic E-state index is -0.888. The van der Waals surface area contributed by atoms with Gasteiger partial charge in [0, 0.05) is 18.2 Å². The second-order valence-electron chi connectivity index (χ2n) is 3.14. The Bertz CT molecular complexity index is 325. The van der Waals surface area contributed by atoms with E-state index in [1.807, 2.05) is 6.92 Å². The lowest BCUT2D eigenvalue weighted by Crippen LogP contribution is -2.11. The van der Waals surface area contributed by atoms with Gasteiger partial charge >= 0.3 is 0 Å². The summed E-state index contributed by atoms with van der Waals surface area (Å²) in [5.74, 6) is -0.0874. The molecular weight excluding hydrogens is 182 g/mol. The first-order valence-corrected chi connectivity index (χ1v) is 4.53. The van der Waals surface area contributed by atoms with Crippen LogP contribution in [0, 0.1) is 0 Å². The van der Waals surface area contributed by atoms with E-state index >= 15 is 0 Å². The third-order valence-electron chi connectivity index (χ3n) is 2.19. The zero-order valence-corrected chi connectivity index (χ0v) is 8.07. The van der Waals surface area contributed by atoms with Gasteiger partial charge in [0.25, 0.3) is 0 Å². The minimum Gasteiger partial charge on any atom is -0.508 e. The Morgan fingerprint density at radius 3 is 2.43 bits per heavy atom. The quantitative estimate of drug-likeness (QED) is 0.573. The Morgan fingerprint density at radius 2 is 1.93 bits per heavy atom. The topological polar surface area (TPSA) is 86.7 Å². The maximum atomic E-state index is 9.45. The third-order valence-corrected chi connectivity index (χ3v) is 2.19. The lowest BCUT2D eigenvalue weighted by atomic mass is 10.0. The highest BCUT2D eigenvalue weighted by molar-refractivity contribution is 5.46. The predicted octanol–water partition coefficient (Wildman–Crippen LogP) is 0.652. The van der Waals surface area contributed by atoms with Gasteiger partial charge in [0.15, 0.2) is 0 Å². The first-order valence-electron chi connectivity index (χ1n) is 4.53. The van der Waals surface area contributed by atoms with Gasteiger partial charge in [-0.25, -0.2) is 0 Å². The molecule has 4 nitrogen and oxygen atoms in total. The summed E-state index contributed by atoms with van der Waals surface area (Å²) in [5.41, 5.74) is 6.33. The fourth-order valence-corrected chi connectivity index (χ4v) is 1.32. The Kier molecular flexibility index (Phi) is 3.33. The zero-order valence-electron chi connectivity index (χ0n) is 8.07. The molecule has 0 aromatic heterocycles. The standard InChI is InChI=1S/C10H15NO3/c1-2-6-3-7(10(14)5-11)9(13)4-8(6)12/h3-4,10,12-14H,2,5,11H2,1H3. The molecule has 0 aliphatic rings. The molecule has 0 spiro atoms. The average Bonchev–Trinajstić information content (AvgIpc) is 2.17. The van der Waals surface area contributed by atoms with Gasteiger partial charge in [0.1, 0.15) is 11.5 Å². The second kappa shape index (κ2) is 4.30. The number of nitrogens with two attached hydrogens (primary N) is 1. The van der Waals surface area contributed by atoms with Crippen LogP contribution in [0.4, 0.5) is 0 Å². The molecule has 0 radical (unpaired) electrons. The number of aromatic hydroxyl groups is 2. The molecule has 0 saturated heterocycles. The summed E-state index contributed by atoms with van der Waals surface area (Å²) in [6.07, 6.45) is -0.253. The molecule has 78 valence electrons. The average molecular weight is 197 g/mol. The van der Waals surface area contributed by atoms with E-state index in [1.165, 1.54) is 6.07 Å². The molecule has 14 heavy (non-hydrogen) atoms. The van der Waals surface area contributed by atoms with E-state index < -0.39 is 6.10 Å². The number of hydrogen-bond donors (Lipinski definition) is 4. The van der Waals surface area contributed by atoms with Crippen molar-refractivity contribution in [2.75, 3.05) is 6.54 Å². The highest BCUT2D eigenvalue weighted by Crippen LogP contribution is 2.31. The van der Waals surface area contributed by atoms with Crippen LogP contribution < -0.4 is 5.73 Å². The molecule has 1 aromatic carbocycles. The molecule has 0 saturated carbocycles. The predicted molar refractivity (Wildman–Crippen MR) is 53.2 cm³/mol. The van der Waals surface area contributed by atoms with Gasteiger partial charge < -0.3 is 21.1 Å². The van der Waals surface area contributed by atoms with Crippen molar-refractivity contribution in [3.63, 3.8) is 0 Å². The largest absolute Gasteiger partial charge is 0.508 e. The molecule has 0 fully saturated rings. The Balaban J connectivity index is 3.17. The highest BCUT2D eigenvalue weighted by Gasteiger charge is 2.13. The van der Waals surface area contributed by atoms with Crippen molar-refractivity contribution in [3.05, 3.63) is 23.3 Å². The van der Waals surface area contributed by atoms with Crippen LogP contribution in [0.5, 0.6) is 11.5 Å². The first kappa shape index (κ1) is 10.8. The molecule has 1 atom stereocenters. The van der Waals surface area contributed by atoms with E-state index in [0.29, 0.717) is 17.5 Å². The van der Waals surface area contributed by atoms with Crippen LogP contribution in [0.1, 0.15) is 24.2 Å². The van der Waals surface area contributed by atoms with E-state index in [2.05, 4.69) is 0 Å². The van der Waals surface area contributed by atoms with Crippen LogP contribution in [-0.2, 0) is 6.42 Å². The van der Waals surface area contributed by atoms with Gasteiger partial charge in [-0.3, -0.25) is 0 Å². The molecule has 0 heterocycles. The Morgan fingerprint density at radius 1 is 1.29 bits per heavy atom. The van der Waals surface area contributed by atoms with Crippen molar-refractivity contribution in [1.29, 1.82) is 0 Å². The van der Waals surface area contributed by atoms with Crippen molar-refractivity contribution in [3.8, 4) is 11.5 Å². The van der Waals surface area contributed by atoms with Crippen LogP contribution in [0.2, 0.25) is 0 Å². The molecule has 1 aromatic rings. The van der Waals surface area contributed by atoms with Crippen molar-refractivity contribution in [2.24, 2.45) is 5.73 Å². The van der Waals surface area contributed by atoms with E-state index in [0.717, 1.165) is 0 Å². The van der Waals surface area contributed by atoms with Crippen LogP contribution >= 0.6 is 0 Å². The number of benzene rings is 1. The summed E-state index contributed by atoms with van der Waals surface area (Å²) in [6, 6.07) is 2.80. The van der Waals surface area contributed by atoms with Gasteiger partial charge in [0.05, 0.1) is 6.10 Å². The molecular formula is C10H15NO3. The van der Waals surface area contributed by atoms with E-state index in [1.54, 1.807) is 6.07 Å². The molecule has 0 aliphatic heterocycles. The molecule has 1 rings (SSSR count). The summed E-state index contributed by atoms with van der Waals surface area (Å²) in [4.78, 5) is 0. The van der Waals surface area contributed by atoms with Gasteiger partial charge in [-0.15, -0.1) is 0 Å². The van der Waals surface area contributed by atoms with E-state index in [4.69, 9.17) is 5.73 Å². The number of phenolic OH excluding ortho intramolecular Hbond substituents is 2. The number of aliphatic hydroxyl groups is 1. The van der Waals surface area contributed by atoms with Crippen LogP contribution in [-0.4, -0.2) is 21.9 Å². The summed E-state index contributed by atoms with van der Waals surface area (Å²) in [7, 11) is 0. The van der Waals surface area contributed by atoms with Gasteiger partial charge in [0.2, 0.25) is 0 Å². The molecule has 4 heteroatoms. The molecule has 0 aliphatic carbocycles. The number of rotatable bonds is 3. The van der Waals surface area contributed by atoms with Gasteiger partial charge in [-0.2, -0.15) is 0 Å². The minimum absolute atomic E-state index is 0.0398. The van der Waals surface area contributed by atoms with E-state index in [-0.39, 0.29) is 18.0 Å². The maximum absolute atomic E-state index is 9.45. The van der Waals surface area contributed by atoms with Gasteiger partial charge in [-0.05, 0) is 18.1 Å². The fourth-order valence-electron chi connectivity index (χ4n) is 1.32. The first-order chi connectivity index (χ1) is 6.60. The Labute approximate surface area is 82.6 Å². The van der Waals surface area contributed by atoms with Crippen LogP contribution in [0.15, 0.2) is 12.1 Å². The lowest BCUT2D eigenvalue weighted by molar-refractivity contribution is 0.182. The number of phenols is 2. The highest BCUT2D eigenvalue weighted by atomic mass is 16.3. The smallest absolute Gasteiger partial charge is 0.125 e. The SMILES string of the molecule is CCc1cc(C(O)CN)c(O)cc1O. The number of aryl methyl sites for hydroxylation is 1. The van der Waals surface area contributed by atoms with Crippen molar-refractivity contribution < 1.29 is 15.3 Å². The zero-order chi connectivity index (χ0) is 10.7. The normalized spacial score (nSPS) is 12.8. The summed E-state index contributed by atoms with van der Waals surface area (Å²) in [6.45, 7) is 1.92. The lowest BCUT2D eigenvalue weighted by Gasteiger charge is -2.12. The van der Waals surface area contributed by atoms with Crippen molar-refractivity contribution >= 4 is 0 Å². The molecule has 5 N–H and O–H groups in total. The number of hydrogen-bond acceptors (Lipinski definition) is 4. The summed E-state index contributed by atoms with van der Waals surface area (Å²) >= 11 is 0. The number of aliphatic hydroxyl groups excluding tert-OH is 1. The third kappa shape index (κ3) is 1.97. The monoisotopic (exact) mass is 197 g/mol. The summed E-state index contributed by atoms with van der Waals surface area (Å²) < 4.78 is 0. The van der Waals surface area contributed by atoms with E-state index in [9.17, 15) is 15.3 Å².